The van der Waals surface area contributed by atoms with Gasteiger partial charge in [-0.05, 0) is 42.0 Å². The van der Waals surface area contributed by atoms with Crippen LogP contribution in [0.1, 0.15) is 12.1 Å². The maximum atomic E-state index is 13.9. The minimum absolute atomic E-state index is 0.0743. The number of carbonyl (C=O) groups excluding carboxylic acids is 1. The molecule has 2 heterocycles. The highest BCUT2D eigenvalue weighted by Crippen LogP contribution is 2.23. The first-order valence-electron chi connectivity index (χ1n) is 8.92. The number of carbonyl (C=O) groups is 1. The van der Waals surface area contributed by atoms with Crippen molar-refractivity contribution in [3.05, 3.63) is 59.6 Å². The zero-order chi connectivity index (χ0) is 21.6. The third-order valence-electron chi connectivity index (χ3n) is 4.08. The molecule has 1 atom stereocenters. The number of nitrogens with one attached hydrogen (secondary N) is 2. The molecule has 2 aromatic heterocycles. The lowest BCUT2D eigenvalue weighted by molar-refractivity contribution is -0.122. The van der Waals surface area contributed by atoms with E-state index in [-0.39, 0.29) is 13.0 Å². The summed E-state index contributed by atoms with van der Waals surface area (Å²) in [5.41, 5.74) is 0.507. The Morgan fingerprint density at radius 3 is 2.80 bits per heavy atom. The Bertz CT molecular complexity index is 1080. The Morgan fingerprint density at radius 2 is 2.10 bits per heavy atom. The van der Waals surface area contributed by atoms with Crippen LogP contribution in [0.25, 0.3) is 10.8 Å². The lowest BCUT2D eigenvalue weighted by atomic mass is 10.2. The summed E-state index contributed by atoms with van der Waals surface area (Å²) in [6.07, 6.45) is 3.54. The molecule has 30 heavy (non-hydrogen) atoms. The van der Waals surface area contributed by atoms with Crippen molar-refractivity contribution < 1.29 is 22.0 Å². The first kappa shape index (κ1) is 22.5. The second kappa shape index (κ2) is 10.2. The average molecular weight is 470 g/mol. The zero-order valence-electron chi connectivity index (χ0n) is 16.0. The van der Waals surface area contributed by atoms with Gasteiger partial charge in [0.2, 0.25) is 21.8 Å². The van der Waals surface area contributed by atoms with Crippen LogP contribution in [0.5, 0.6) is 0 Å². The lowest BCUT2D eigenvalue weighted by Gasteiger charge is -2.18. The van der Waals surface area contributed by atoms with Crippen molar-refractivity contribution in [2.45, 2.75) is 23.9 Å². The lowest BCUT2D eigenvalue weighted by Crippen LogP contribution is -2.47. The van der Waals surface area contributed by atoms with Crippen LogP contribution in [0.4, 0.5) is 4.39 Å². The highest BCUT2D eigenvalue weighted by molar-refractivity contribution is 7.98. The van der Waals surface area contributed by atoms with E-state index >= 15 is 0 Å². The number of oxazole rings is 1. The molecular weight excluding hydrogens is 449 g/mol. The SMILES string of the molecule is CSCC[C@@H](NS(=O)(=O)c1ccccc1F)C(=O)NCc1coc(-c2cccs2)n1. The van der Waals surface area contributed by atoms with E-state index in [0.29, 0.717) is 17.3 Å². The smallest absolute Gasteiger partial charge is 0.244 e. The van der Waals surface area contributed by atoms with E-state index in [9.17, 15) is 17.6 Å². The summed E-state index contributed by atoms with van der Waals surface area (Å²) in [5, 5.41) is 4.57. The van der Waals surface area contributed by atoms with Crippen molar-refractivity contribution in [1.29, 1.82) is 0 Å². The first-order chi connectivity index (χ1) is 14.4. The Hall–Kier alpha value is -2.21. The van der Waals surface area contributed by atoms with Crippen molar-refractivity contribution in [2.24, 2.45) is 0 Å². The van der Waals surface area contributed by atoms with Crippen LogP contribution < -0.4 is 10.0 Å². The predicted molar refractivity (Wildman–Crippen MR) is 115 cm³/mol. The fraction of sp³-hybridized carbons (Fsp3) is 0.263. The normalized spacial score (nSPS) is 12.6. The molecule has 0 bridgehead atoms. The maximum absolute atomic E-state index is 13.9. The quantitative estimate of drug-likeness (QED) is 0.473. The van der Waals surface area contributed by atoms with Crippen LogP contribution in [0, 0.1) is 5.82 Å². The Morgan fingerprint density at radius 1 is 1.30 bits per heavy atom. The van der Waals surface area contributed by atoms with Gasteiger partial charge in [-0.1, -0.05) is 18.2 Å². The number of halogens is 1. The molecule has 11 heteroatoms. The summed E-state index contributed by atoms with van der Waals surface area (Å²) in [6.45, 7) is 0.0743. The largest absolute Gasteiger partial charge is 0.443 e. The number of sulfonamides is 1. The molecule has 0 saturated heterocycles. The van der Waals surface area contributed by atoms with Crippen molar-refractivity contribution in [3.8, 4) is 10.8 Å². The van der Waals surface area contributed by atoms with Gasteiger partial charge in [0.05, 0.1) is 17.1 Å². The summed E-state index contributed by atoms with van der Waals surface area (Å²) >= 11 is 2.95. The molecule has 0 aliphatic carbocycles. The number of aromatic nitrogens is 1. The summed E-state index contributed by atoms with van der Waals surface area (Å²) in [7, 11) is -4.20. The summed E-state index contributed by atoms with van der Waals surface area (Å²) in [4.78, 5) is 17.3. The topological polar surface area (TPSA) is 101 Å². The van der Waals surface area contributed by atoms with Crippen LogP contribution in [-0.4, -0.2) is 37.4 Å². The fourth-order valence-corrected chi connectivity index (χ4v) is 5.03. The van der Waals surface area contributed by atoms with Crippen LogP contribution in [-0.2, 0) is 21.4 Å². The van der Waals surface area contributed by atoms with Crippen LogP contribution in [0.15, 0.2) is 57.4 Å². The minimum atomic E-state index is -4.20. The highest BCUT2D eigenvalue weighted by Gasteiger charge is 2.27. The van der Waals surface area contributed by atoms with Gasteiger partial charge in [-0.2, -0.15) is 16.5 Å². The van der Waals surface area contributed by atoms with Gasteiger partial charge in [0.15, 0.2) is 0 Å². The van der Waals surface area contributed by atoms with E-state index < -0.39 is 32.7 Å². The van der Waals surface area contributed by atoms with Crippen molar-refractivity contribution in [3.63, 3.8) is 0 Å². The van der Waals surface area contributed by atoms with E-state index in [1.807, 2.05) is 23.8 Å². The maximum Gasteiger partial charge on any atom is 0.244 e. The number of hydrogen-bond acceptors (Lipinski definition) is 7. The van der Waals surface area contributed by atoms with E-state index in [4.69, 9.17) is 4.42 Å². The number of hydrogen-bond donors (Lipinski definition) is 2. The molecule has 0 aliphatic heterocycles. The van der Waals surface area contributed by atoms with E-state index in [1.165, 1.54) is 41.5 Å². The second-order valence-electron chi connectivity index (χ2n) is 6.22. The van der Waals surface area contributed by atoms with Gasteiger partial charge in [-0.25, -0.2) is 17.8 Å². The van der Waals surface area contributed by atoms with Crippen LogP contribution >= 0.6 is 23.1 Å². The number of nitrogens with zero attached hydrogens (tertiary/aromatic N) is 1. The molecule has 0 unspecified atom stereocenters. The third-order valence-corrected chi connectivity index (χ3v) is 7.08. The molecule has 0 spiro atoms. The number of thioether (sulfide) groups is 1. The van der Waals surface area contributed by atoms with Gasteiger partial charge < -0.3 is 9.73 Å². The average Bonchev–Trinajstić information content (AvgIpc) is 3.41. The Balaban J connectivity index is 1.67. The van der Waals surface area contributed by atoms with Gasteiger partial charge in [0, 0.05) is 0 Å². The molecule has 1 aromatic carbocycles. The van der Waals surface area contributed by atoms with Crippen LogP contribution in [0.3, 0.4) is 0 Å². The minimum Gasteiger partial charge on any atom is -0.443 e. The van der Waals surface area contributed by atoms with Crippen molar-refractivity contribution in [2.75, 3.05) is 12.0 Å². The number of amides is 1. The molecule has 2 N–H and O–H groups in total. The second-order valence-corrected chi connectivity index (χ2v) is 9.84. The van der Waals surface area contributed by atoms with Gasteiger partial charge >= 0.3 is 0 Å². The number of rotatable bonds is 10. The zero-order valence-corrected chi connectivity index (χ0v) is 18.4. The molecule has 160 valence electrons. The summed E-state index contributed by atoms with van der Waals surface area (Å²) < 4.78 is 46.8. The summed E-state index contributed by atoms with van der Waals surface area (Å²) in [6, 6.07) is 7.73. The number of thiophene rings is 1. The Labute approximate surface area is 182 Å². The predicted octanol–water partition coefficient (Wildman–Crippen LogP) is 3.26. The van der Waals surface area contributed by atoms with Gasteiger partial charge in [-0.15, -0.1) is 11.3 Å². The van der Waals surface area contributed by atoms with Crippen molar-refractivity contribution in [1.82, 2.24) is 15.0 Å². The molecule has 0 saturated carbocycles. The molecular formula is C19H20FN3O4S3. The van der Waals surface area contributed by atoms with Crippen molar-refractivity contribution >= 4 is 39.0 Å². The van der Waals surface area contributed by atoms with Crippen LogP contribution in [0.2, 0.25) is 0 Å². The van der Waals surface area contributed by atoms with E-state index in [1.54, 1.807) is 0 Å². The summed E-state index contributed by atoms with van der Waals surface area (Å²) in [5.74, 6) is -0.402. The first-order valence-corrected chi connectivity index (χ1v) is 12.7. The van der Waals surface area contributed by atoms with E-state index in [2.05, 4.69) is 15.0 Å². The molecule has 1 amide bonds. The van der Waals surface area contributed by atoms with Gasteiger partial charge in [0.1, 0.15) is 23.0 Å². The van der Waals surface area contributed by atoms with E-state index in [0.717, 1.165) is 17.0 Å². The molecule has 7 nitrogen and oxygen atoms in total. The number of benzene rings is 1. The standard InChI is InChI=1S/C19H20FN3O4S3/c1-28-10-8-15(23-30(25,26)17-7-3-2-5-14(17)20)18(24)21-11-13-12-27-19(22-13)16-6-4-9-29-16/h2-7,9,12,15,23H,8,10-11H2,1H3,(H,21,24)/t15-/m1/s1. The molecule has 0 aliphatic rings. The molecule has 0 radical (unpaired) electrons. The molecule has 3 aromatic rings. The molecule has 3 rings (SSSR count). The monoisotopic (exact) mass is 469 g/mol. The fourth-order valence-electron chi connectivity index (χ4n) is 2.60. The molecule has 0 fully saturated rings. The highest BCUT2D eigenvalue weighted by atomic mass is 32.2. The third kappa shape index (κ3) is 5.69. The van der Waals surface area contributed by atoms with Gasteiger partial charge in [0.25, 0.3) is 0 Å². The van der Waals surface area contributed by atoms with Gasteiger partial charge in [-0.3, -0.25) is 4.79 Å². The Kier molecular flexibility index (Phi) is 7.64.